The summed E-state index contributed by atoms with van der Waals surface area (Å²) in [4.78, 5) is 14.0. The number of hydrogen-bond acceptors (Lipinski definition) is 5. The number of halogens is 3. The average molecular weight is 358 g/mol. The highest BCUT2D eigenvalue weighted by Crippen LogP contribution is 2.29. The van der Waals surface area contributed by atoms with Crippen LogP contribution in [0.2, 0.25) is 0 Å². The fraction of sp³-hybridized carbons (Fsp3) is 0.308. The zero-order valence-corrected chi connectivity index (χ0v) is 13.4. The van der Waals surface area contributed by atoms with E-state index in [9.17, 15) is 8.78 Å². The molecule has 0 aliphatic carbocycles. The van der Waals surface area contributed by atoms with Crippen LogP contribution in [0, 0.1) is 11.6 Å². The second-order valence-electron chi connectivity index (χ2n) is 4.43. The van der Waals surface area contributed by atoms with Gasteiger partial charge >= 0.3 is 0 Å². The van der Waals surface area contributed by atoms with E-state index in [0.29, 0.717) is 12.5 Å². The van der Waals surface area contributed by atoms with E-state index in [2.05, 4.69) is 36.2 Å². The standard InChI is InChI=1S/C13H14BrF2N5/c1-4-17-12-18-11(19-13(20-12)21(2)3)9-8(15)6-5-7(14)10(9)16/h5-6H,4H2,1-3H3,(H,17,18,19,20). The van der Waals surface area contributed by atoms with Gasteiger partial charge in [0.05, 0.1) is 10.0 Å². The fourth-order valence-electron chi connectivity index (χ4n) is 1.65. The van der Waals surface area contributed by atoms with Crippen LogP contribution >= 0.6 is 15.9 Å². The highest BCUT2D eigenvalue weighted by atomic mass is 79.9. The van der Waals surface area contributed by atoms with Crippen LogP contribution in [0.3, 0.4) is 0 Å². The monoisotopic (exact) mass is 357 g/mol. The molecule has 0 aliphatic rings. The van der Waals surface area contributed by atoms with Crippen LogP contribution in [0.5, 0.6) is 0 Å². The molecule has 0 fully saturated rings. The number of nitrogens with one attached hydrogen (secondary N) is 1. The smallest absolute Gasteiger partial charge is 0.230 e. The van der Waals surface area contributed by atoms with Crippen molar-refractivity contribution in [2.75, 3.05) is 30.9 Å². The summed E-state index contributed by atoms with van der Waals surface area (Å²) in [7, 11) is 3.48. The van der Waals surface area contributed by atoms with Crippen LogP contribution < -0.4 is 10.2 Å². The summed E-state index contributed by atoms with van der Waals surface area (Å²) < 4.78 is 28.3. The van der Waals surface area contributed by atoms with E-state index in [1.54, 1.807) is 19.0 Å². The molecule has 0 spiro atoms. The lowest BCUT2D eigenvalue weighted by Crippen LogP contribution is -2.16. The Hall–Kier alpha value is -1.83. The Morgan fingerprint density at radius 2 is 1.90 bits per heavy atom. The molecule has 0 atom stereocenters. The molecule has 0 saturated carbocycles. The predicted molar refractivity (Wildman–Crippen MR) is 81.4 cm³/mol. The van der Waals surface area contributed by atoms with E-state index in [4.69, 9.17) is 0 Å². The molecule has 1 N–H and O–H groups in total. The zero-order chi connectivity index (χ0) is 15.6. The Morgan fingerprint density at radius 3 is 2.52 bits per heavy atom. The third-order valence-electron chi connectivity index (χ3n) is 2.63. The van der Waals surface area contributed by atoms with Gasteiger partial charge in [-0.1, -0.05) is 0 Å². The topological polar surface area (TPSA) is 53.9 Å². The van der Waals surface area contributed by atoms with E-state index in [-0.39, 0.29) is 21.8 Å². The predicted octanol–water partition coefficient (Wildman–Crippen LogP) is 3.08. The molecule has 2 rings (SSSR count). The van der Waals surface area contributed by atoms with Crippen molar-refractivity contribution in [3.63, 3.8) is 0 Å². The van der Waals surface area contributed by atoms with Crippen LogP contribution in [-0.4, -0.2) is 35.6 Å². The molecule has 0 radical (unpaired) electrons. The summed E-state index contributed by atoms with van der Waals surface area (Å²) in [6.45, 7) is 2.46. The molecule has 8 heteroatoms. The van der Waals surface area contributed by atoms with Crippen molar-refractivity contribution in [1.29, 1.82) is 0 Å². The Kier molecular flexibility index (Phi) is 4.66. The molecule has 0 aliphatic heterocycles. The van der Waals surface area contributed by atoms with Crippen molar-refractivity contribution in [2.45, 2.75) is 6.92 Å². The first kappa shape index (κ1) is 15.6. The minimum Gasteiger partial charge on any atom is -0.354 e. The van der Waals surface area contributed by atoms with Gasteiger partial charge in [-0.15, -0.1) is 0 Å². The highest BCUT2D eigenvalue weighted by Gasteiger charge is 2.19. The molecule has 0 unspecified atom stereocenters. The van der Waals surface area contributed by atoms with E-state index < -0.39 is 11.6 Å². The zero-order valence-electron chi connectivity index (χ0n) is 11.8. The van der Waals surface area contributed by atoms with Crippen LogP contribution in [0.1, 0.15) is 6.92 Å². The normalized spacial score (nSPS) is 10.6. The minimum absolute atomic E-state index is 0.0547. The lowest BCUT2D eigenvalue weighted by molar-refractivity contribution is 0.583. The van der Waals surface area contributed by atoms with E-state index >= 15 is 0 Å². The second-order valence-corrected chi connectivity index (χ2v) is 5.28. The van der Waals surface area contributed by atoms with Gasteiger partial charge < -0.3 is 10.2 Å². The average Bonchev–Trinajstić information content (AvgIpc) is 2.43. The van der Waals surface area contributed by atoms with E-state index in [1.807, 2.05) is 6.92 Å². The number of aromatic nitrogens is 3. The van der Waals surface area contributed by atoms with Crippen molar-refractivity contribution >= 4 is 27.8 Å². The number of nitrogens with zero attached hydrogens (tertiary/aromatic N) is 4. The lowest BCUT2D eigenvalue weighted by Gasteiger charge is -2.14. The summed E-state index contributed by atoms with van der Waals surface area (Å²) in [5.74, 6) is -0.942. The van der Waals surface area contributed by atoms with Gasteiger partial charge in [-0.25, -0.2) is 8.78 Å². The number of anilines is 2. The molecule has 0 bridgehead atoms. The van der Waals surface area contributed by atoms with Crippen LogP contribution in [-0.2, 0) is 0 Å². The SMILES string of the molecule is CCNc1nc(-c2c(F)ccc(Br)c2F)nc(N(C)C)n1. The van der Waals surface area contributed by atoms with Gasteiger partial charge in [0.2, 0.25) is 11.9 Å². The molecule has 112 valence electrons. The molecule has 2 aromatic rings. The molecule has 5 nitrogen and oxygen atoms in total. The Balaban J connectivity index is 2.65. The summed E-state index contributed by atoms with van der Waals surface area (Å²) in [6.07, 6.45) is 0. The third kappa shape index (κ3) is 3.26. The van der Waals surface area contributed by atoms with Gasteiger partial charge in [-0.05, 0) is 35.0 Å². The van der Waals surface area contributed by atoms with Crippen LogP contribution in [0.15, 0.2) is 16.6 Å². The summed E-state index contributed by atoms with van der Waals surface area (Å²) >= 11 is 3.04. The summed E-state index contributed by atoms with van der Waals surface area (Å²) in [6, 6.07) is 2.46. The Morgan fingerprint density at radius 1 is 1.19 bits per heavy atom. The quantitative estimate of drug-likeness (QED) is 0.852. The van der Waals surface area contributed by atoms with E-state index in [1.165, 1.54) is 6.07 Å². The maximum atomic E-state index is 14.2. The molecule has 1 aromatic carbocycles. The van der Waals surface area contributed by atoms with Crippen molar-refractivity contribution in [3.05, 3.63) is 28.2 Å². The first-order chi connectivity index (χ1) is 9.93. The van der Waals surface area contributed by atoms with Gasteiger partial charge in [-0.2, -0.15) is 15.0 Å². The second kappa shape index (κ2) is 6.30. The molecular formula is C13H14BrF2N5. The largest absolute Gasteiger partial charge is 0.354 e. The number of benzene rings is 1. The van der Waals surface area contributed by atoms with Gasteiger partial charge in [-0.3, -0.25) is 0 Å². The van der Waals surface area contributed by atoms with Crippen molar-refractivity contribution in [2.24, 2.45) is 0 Å². The van der Waals surface area contributed by atoms with Crippen molar-refractivity contribution in [1.82, 2.24) is 15.0 Å². The maximum Gasteiger partial charge on any atom is 0.230 e. The molecule has 1 heterocycles. The fourth-order valence-corrected chi connectivity index (χ4v) is 1.98. The first-order valence-electron chi connectivity index (χ1n) is 6.25. The van der Waals surface area contributed by atoms with Crippen molar-refractivity contribution in [3.8, 4) is 11.4 Å². The van der Waals surface area contributed by atoms with Gasteiger partial charge in [0.1, 0.15) is 5.82 Å². The summed E-state index contributed by atoms with van der Waals surface area (Å²) in [5.41, 5.74) is -0.283. The molecule has 0 saturated heterocycles. The first-order valence-corrected chi connectivity index (χ1v) is 7.04. The van der Waals surface area contributed by atoms with Gasteiger partial charge in [0, 0.05) is 20.6 Å². The molecule has 21 heavy (non-hydrogen) atoms. The van der Waals surface area contributed by atoms with Gasteiger partial charge in [0.15, 0.2) is 11.6 Å². The van der Waals surface area contributed by atoms with Crippen molar-refractivity contribution < 1.29 is 8.78 Å². The maximum absolute atomic E-state index is 14.2. The van der Waals surface area contributed by atoms with Crippen LogP contribution in [0.4, 0.5) is 20.7 Å². The Bertz CT molecular complexity index is 663. The highest BCUT2D eigenvalue weighted by molar-refractivity contribution is 9.10. The molecular weight excluding hydrogens is 344 g/mol. The lowest BCUT2D eigenvalue weighted by atomic mass is 10.2. The van der Waals surface area contributed by atoms with Crippen LogP contribution in [0.25, 0.3) is 11.4 Å². The molecule has 1 aromatic heterocycles. The Labute approximate surface area is 129 Å². The van der Waals surface area contributed by atoms with E-state index in [0.717, 1.165) is 6.07 Å². The summed E-state index contributed by atoms with van der Waals surface area (Å²) in [5, 5.41) is 2.92. The number of hydrogen-bond donors (Lipinski definition) is 1. The van der Waals surface area contributed by atoms with Gasteiger partial charge in [0.25, 0.3) is 0 Å². The molecule has 0 amide bonds. The minimum atomic E-state index is -0.742. The third-order valence-corrected chi connectivity index (χ3v) is 3.24. The number of rotatable bonds is 4.